The molecular weight excluding hydrogens is 388 g/mol. The second-order valence-electron chi connectivity index (χ2n) is 5.62. The van der Waals surface area contributed by atoms with Crippen molar-refractivity contribution in [2.24, 2.45) is 0 Å². The minimum absolute atomic E-state index is 0. The van der Waals surface area contributed by atoms with Gasteiger partial charge in [-0.05, 0) is 29.3 Å². The van der Waals surface area contributed by atoms with Gasteiger partial charge in [0.1, 0.15) is 6.26 Å². The van der Waals surface area contributed by atoms with E-state index >= 15 is 0 Å². The molecular formula is C24H20FeN2O. The summed E-state index contributed by atoms with van der Waals surface area (Å²) in [7, 11) is 0. The average molecular weight is 408 g/mol. The smallest absolute Gasteiger partial charge is 0.123 e. The molecule has 0 bridgehead atoms. The van der Waals surface area contributed by atoms with Crippen LogP contribution in [0.5, 0.6) is 0 Å². The number of fused-ring (bicyclic) bond motifs is 1. The van der Waals surface area contributed by atoms with Gasteiger partial charge in [0.15, 0.2) is 0 Å². The molecule has 4 heteroatoms. The Bertz CT molecular complexity index is 900. The quantitative estimate of drug-likeness (QED) is 0.307. The number of hydrogen-bond acceptors (Lipinski definition) is 3. The summed E-state index contributed by atoms with van der Waals surface area (Å²) in [5, 5.41) is 4.55. The molecule has 0 radical (unpaired) electrons. The fourth-order valence-corrected chi connectivity index (χ4v) is 2.45. The first-order valence-electron chi connectivity index (χ1n) is 8.68. The van der Waals surface area contributed by atoms with E-state index in [1.54, 1.807) is 12.3 Å². The summed E-state index contributed by atoms with van der Waals surface area (Å²) in [6, 6.07) is 34.6. The standard InChI is InChI=1S/C12H10.C9H7N.C3H3NO.Fe/c1-3-7-11(8-4-1)12-9-5-2-6-10-12;1-2-6-9-8(4-1)5-3-7-10-9;1-2-4-5-3-1;/h1-10H;1-7H;1-3H;. The van der Waals surface area contributed by atoms with Gasteiger partial charge in [0, 0.05) is 28.7 Å². The van der Waals surface area contributed by atoms with Gasteiger partial charge in [0.25, 0.3) is 0 Å². The van der Waals surface area contributed by atoms with Crippen LogP contribution in [0.1, 0.15) is 0 Å². The van der Waals surface area contributed by atoms with Crippen LogP contribution in [0.4, 0.5) is 0 Å². The summed E-state index contributed by atoms with van der Waals surface area (Å²) in [6.45, 7) is 0. The molecule has 0 saturated carbocycles. The zero-order chi connectivity index (χ0) is 18.6. The Kier molecular flexibility index (Phi) is 9.22. The van der Waals surface area contributed by atoms with Crippen LogP contribution >= 0.6 is 0 Å². The minimum atomic E-state index is 0. The molecule has 3 nitrogen and oxygen atoms in total. The van der Waals surface area contributed by atoms with Crippen molar-refractivity contribution in [1.82, 2.24) is 10.1 Å². The van der Waals surface area contributed by atoms with E-state index in [9.17, 15) is 0 Å². The van der Waals surface area contributed by atoms with E-state index in [0.717, 1.165) is 5.52 Å². The summed E-state index contributed by atoms with van der Waals surface area (Å²) in [5.41, 5.74) is 3.61. The van der Waals surface area contributed by atoms with Gasteiger partial charge in [-0.25, -0.2) is 0 Å². The van der Waals surface area contributed by atoms with Gasteiger partial charge in [-0.3, -0.25) is 4.98 Å². The average Bonchev–Trinajstić information content (AvgIpc) is 3.36. The van der Waals surface area contributed by atoms with E-state index in [1.165, 1.54) is 22.8 Å². The van der Waals surface area contributed by atoms with E-state index in [2.05, 4.69) is 75.3 Å². The number of pyridine rings is 1. The molecule has 0 unspecified atom stereocenters. The van der Waals surface area contributed by atoms with Gasteiger partial charge in [0.2, 0.25) is 0 Å². The molecule has 0 fully saturated rings. The topological polar surface area (TPSA) is 38.9 Å². The van der Waals surface area contributed by atoms with E-state index < -0.39 is 0 Å². The molecule has 0 atom stereocenters. The normalized spacial score (nSPS) is 9.14. The van der Waals surface area contributed by atoms with Crippen molar-refractivity contribution in [3.05, 3.63) is 122 Å². The molecule has 0 aliphatic heterocycles. The van der Waals surface area contributed by atoms with Crippen LogP contribution in [-0.4, -0.2) is 10.1 Å². The molecule has 0 saturated heterocycles. The maximum Gasteiger partial charge on any atom is 0.123 e. The van der Waals surface area contributed by atoms with Crippen LogP contribution in [-0.2, 0) is 17.1 Å². The monoisotopic (exact) mass is 408 g/mol. The van der Waals surface area contributed by atoms with Crippen LogP contribution < -0.4 is 0 Å². The van der Waals surface area contributed by atoms with Crippen molar-refractivity contribution in [2.75, 3.05) is 0 Å². The maximum atomic E-state index is 4.33. The van der Waals surface area contributed by atoms with Crippen LogP contribution in [0.3, 0.4) is 0 Å². The molecule has 3 aromatic carbocycles. The Morgan fingerprint density at radius 2 is 1.11 bits per heavy atom. The van der Waals surface area contributed by atoms with Gasteiger partial charge in [-0.15, -0.1) is 0 Å². The van der Waals surface area contributed by atoms with Crippen LogP contribution in [0.15, 0.2) is 126 Å². The molecule has 0 aliphatic rings. The third-order valence-corrected chi connectivity index (χ3v) is 3.74. The Hall–Kier alpha value is -3.20. The first-order chi connectivity index (χ1) is 13.4. The summed E-state index contributed by atoms with van der Waals surface area (Å²) in [5.74, 6) is 0. The molecule has 140 valence electrons. The maximum absolute atomic E-state index is 4.33. The zero-order valence-corrected chi connectivity index (χ0v) is 16.3. The van der Waals surface area contributed by atoms with E-state index in [1.807, 2.05) is 42.6 Å². The molecule has 0 aliphatic carbocycles. The van der Waals surface area contributed by atoms with Crippen molar-refractivity contribution in [1.29, 1.82) is 0 Å². The van der Waals surface area contributed by atoms with Crippen molar-refractivity contribution < 1.29 is 21.6 Å². The second-order valence-corrected chi connectivity index (χ2v) is 5.62. The molecule has 0 N–H and O–H groups in total. The molecule has 0 amide bonds. The van der Waals surface area contributed by atoms with Crippen LogP contribution in [0, 0.1) is 0 Å². The first kappa shape index (κ1) is 21.1. The Morgan fingerprint density at radius 1 is 0.536 bits per heavy atom. The van der Waals surface area contributed by atoms with Crippen LogP contribution in [0.2, 0.25) is 0 Å². The zero-order valence-electron chi connectivity index (χ0n) is 15.2. The van der Waals surface area contributed by atoms with Crippen molar-refractivity contribution in [3.8, 4) is 11.1 Å². The number of rotatable bonds is 1. The molecule has 0 spiro atoms. The third kappa shape index (κ3) is 6.84. The Morgan fingerprint density at radius 3 is 1.61 bits per heavy atom. The fourth-order valence-electron chi connectivity index (χ4n) is 2.45. The third-order valence-electron chi connectivity index (χ3n) is 3.74. The number of para-hydroxylation sites is 1. The van der Waals surface area contributed by atoms with Crippen LogP contribution in [0.25, 0.3) is 22.0 Å². The van der Waals surface area contributed by atoms with E-state index in [4.69, 9.17) is 0 Å². The summed E-state index contributed by atoms with van der Waals surface area (Å²) in [6.07, 6.45) is 4.91. The predicted molar refractivity (Wildman–Crippen MR) is 110 cm³/mol. The van der Waals surface area contributed by atoms with Crippen molar-refractivity contribution in [3.63, 3.8) is 0 Å². The molecule has 5 rings (SSSR count). The summed E-state index contributed by atoms with van der Waals surface area (Å²) < 4.78 is 4.33. The van der Waals surface area contributed by atoms with Gasteiger partial charge in [-0.1, -0.05) is 90.1 Å². The molecule has 2 heterocycles. The number of hydrogen-bond donors (Lipinski definition) is 0. The summed E-state index contributed by atoms with van der Waals surface area (Å²) in [4.78, 5) is 4.18. The van der Waals surface area contributed by atoms with E-state index in [0.29, 0.717) is 0 Å². The Balaban J connectivity index is 0.000000159. The van der Waals surface area contributed by atoms with Gasteiger partial charge in [-0.2, -0.15) is 0 Å². The number of benzene rings is 3. The fraction of sp³-hybridized carbons (Fsp3) is 0. The van der Waals surface area contributed by atoms with Crippen molar-refractivity contribution >= 4 is 10.9 Å². The largest absolute Gasteiger partial charge is 0.365 e. The van der Waals surface area contributed by atoms with E-state index in [-0.39, 0.29) is 17.1 Å². The number of aromatic nitrogens is 2. The molecule has 28 heavy (non-hydrogen) atoms. The first-order valence-corrected chi connectivity index (χ1v) is 8.68. The SMILES string of the molecule is [Fe].c1ccc(-c2ccccc2)cc1.c1ccc2ncccc2c1.c1cnoc1. The molecule has 2 aromatic heterocycles. The second kappa shape index (κ2) is 12.2. The Labute approximate surface area is 175 Å². The summed E-state index contributed by atoms with van der Waals surface area (Å²) >= 11 is 0. The van der Waals surface area contributed by atoms with Gasteiger partial charge < -0.3 is 4.52 Å². The van der Waals surface area contributed by atoms with Gasteiger partial charge in [0.05, 0.1) is 11.7 Å². The minimum Gasteiger partial charge on any atom is -0.365 e. The molecule has 5 aromatic rings. The predicted octanol–water partition coefficient (Wildman–Crippen LogP) is 6.26. The van der Waals surface area contributed by atoms with Crippen molar-refractivity contribution in [2.45, 2.75) is 0 Å². The number of nitrogens with zero attached hydrogens (tertiary/aromatic N) is 2. The van der Waals surface area contributed by atoms with Gasteiger partial charge >= 0.3 is 0 Å².